The summed E-state index contributed by atoms with van der Waals surface area (Å²) in [4.78, 5) is 23.8. The third-order valence-electron chi connectivity index (χ3n) is 2.71. The van der Waals surface area contributed by atoms with Gasteiger partial charge in [0, 0.05) is 20.2 Å². The third-order valence-corrected chi connectivity index (χ3v) is 2.71. The molecule has 0 aromatic carbocycles. The van der Waals surface area contributed by atoms with E-state index in [0.29, 0.717) is 32.6 Å². The molecule has 1 heterocycles. The van der Waals surface area contributed by atoms with Gasteiger partial charge >= 0.3 is 5.97 Å². The number of ether oxygens (including phenoxy) is 1. The molecule has 16 heavy (non-hydrogen) atoms. The van der Waals surface area contributed by atoms with Crippen molar-refractivity contribution in [2.45, 2.75) is 12.8 Å². The van der Waals surface area contributed by atoms with Crippen molar-refractivity contribution in [3.8, 4) is 0 Å². The van der Waals surface area contributed by atoms with Gasteiger partial charge in [0.25, 0.3) is 0 Å². The Bertz CT molecular complexity index is 249. The number of aliphatic carboxylic acids is 1. The molecule has 0 aliphatic carbocycles. The zero-order valence-corrected chi connectivity index (χ0v) is 9.44. The van der Waals surface area contributed by atoms with Crippen LogP contribution in [0.25, 0.3) is 0 Å². The van der Waals surface area contributed by atoms with Gasteiger partial charge in [0.15, 0.2) is 0 Å². The Kier molecular flexibility index (Phi) is 5.21. The van der Waals surface area contributed by atoms with Crippen LogP contribution in [0.15, 0.2) is 0 Å². The average Bonchev–Trinajstić information content (AvgIpc) is 2.27. The number of carbonyl (C=O) groups is 2. The molecule has 6 heteroatoms. The quantitative estimate of drug-likeness (QED) is 0.666. The van der Waals surface area contributed by atoms with E-state index in [1.165, 1.54) is 7.11 Å². The van der Waals surface area contributed by atoms with Crippen molar-refractivity contribution in [2.75, 3.05) is 33.5 Å². The Balaban J connectivity index is 2.17. The van der Waals surface area contributed by atoms with Gasteiger partial charge in [0.1, 0.15) is 6.61 Å². The highest BCUT2D eigenvalue weighted by Crippen LogP contribution is 2.16. The second kappa shape index (κ2) is 6.44. The highest BCUT2D eigenvalue weighted by atomic mass is 16.5. The van der Waals surface area contributed by atoms with Crippen LogP contribution in [0.4, 0.5) is 0 Å². The lowest BCUT2D eigenvalue weighted by atomic mass is 9.97. The van der Waals surface area contributed by atoms with E-state index in [1.807, 2.05) is 4.90 Å². The van der Waals surface area contributed by atoms with E-state index in [1.54, 1.807) is 0 Å². The lowest BCUT2D eigenvalue weighted by Gasteiger charge is -2.29. The van der Waals surface area contributed by atoms with Crippen LogP contribution in [0.2, 0.25) is 0 Å². The summed E-state index contributed by atoms with van der Waals surface area (Å²) in [6.07, 6.45) is 1.30. The second-order valence-electron chi connectivity index (χ2n) is 3.92. The molecule has 0 unspecified atom stereocenters. The smallest absolute Gasteiger partial charge is 0.306 e. The number of nitrogens with zero attached hydrogens (tertiary/aromatic N) is 1. The molecule has 0 radical (unpaired) electrons. The van der Waals surface area contributed by atoms with Gasteiger partial charge in [-0.15, -0.1) is 0 Å². The summed E-state index contributed by atoms with van der Waals surface area (Å²) in [6.45, 7) is 1.95. The lowest BCUT2D eigenvalue weighted by molar-refractivity contribution is -0.143. The lowest BCUT2D eigenvalue weighted by Crippen LogP contribution is -2.44. The Hall–Kier alpha value is -1.14. The van der Waals surface area contributed by atoms with Gasteiger partial charge in [0.05, 0.1) is 12.6 Å². The molecule has 1 rings (SSSR count). The zero-order valence-electron chi connectivity index (χ0n) is 9.44. The maximum Gasteiger partial charge on any atom is 0.306 e. The van der Waals surface area contributed by atoms with Gasteiger partial charge in [-0.25, -0.2) is 0 Å². The van der Waals surface area contributed by atoms with Crippen molar-refractivity contribution in [2.24, 2.45) is 5.92 Å². The molecule has 1 amide bonds. The normalized spacial score (nSPS) is 18.3. The summed E-state index contributed by atoms with van der Waals surface area (Å²) in [7, 11) is 1.47. The Morgan fingerprint density at radius 2 is 2.06 bits per heavy atom. The summed E-state index contributed by atoms with van der Waals surface area (Å²) >= 11 is 0. The Labute approximate surface area is 94.6 Å². The monoisotopic (exact) mass is 230 g/mol. The Morgan fingerprint density at radius 3 is 2.56 bits per heavy atom. The van der Waals surface area contributed by atoms with Gasteiger partial charge in [-0.3, -0.25) is 14.5 Å². The molecule has 0 atom stereocenters. The van der Waals surface area contributed by atoms with Crippen molar-refractivity contribution in [1.29, 1.82) is 0 Å². The molecule has 1 aliphatic rings. The van der Waals surface area contributed by atoms with E-state index in [0.717, 1.165) is 0 Å². The number of amides is 1. The maximum absolute atomic E-state index is 11.1. The second-order valence-corrected chi connectivity index (χ2v) is 3.92. The largest absolute Gasteiger partial charge is 0.481 e. The summed E-state index contributed by atoms with van der Waals surface area (Å²) in [5, 5.41) is 11.5. The summed E-state index contributed by atoms with van der Waals surface area (Å²) in [5.41, 5.74) is 0. The first kappa shape index (κ1) is 12.9. The van der Waals surface area contributed by atoms with E-state index in [4.69, 9.17) is 5.11 Å². The van der Waals surface area contributed by atoms with Crippen LogP contribution in [-0.2, 0) is 14.3 Å². The molecule has 6 nitrogen and oxygen atoms in total. The SMILES string of the molecule is COCC(=O)NCN1CCC(C(=O)O)CC1. The number of carbonyl (C=O) groups excluding carboxylic acids is 1. The summed E-state index contributed by atoms with van der Waals surface area (Å²) in [6, 6.07) is 0. The van der Waals surface area contributed by atoms with Crippen LogP contribution in [0.3, 0.4) is 0 Å². The number of nitrogens with one attached hydrogen (secondary N) is 1. The topological polar surface area (TPSA) is 78.9 Å². The highest BCUT2D eigenvalue weighted by Gasteiger charge is 2.24. The number of methoxy groups -OCH3 is 1. The fraction of sp³-hybridized carbons (Fsp3) is 0.800. The molecule has 92 valence electrons. The number of carboxylic acids is 1. The Morgan fingerprint density at radius 1 is 1.44 bits per heavy atom. The van der Waals surface area contributed by atoms with E-state index in [9.17, 15) is 9.59 Å². The minimum absolute atomic E-state index is 0.0611. The number of piperidine rings is 1. The predicted molar refractivity (Wildman–Crippen MR) is 56.8 cm³/mol. The van der Waals surface area contributed by atoms with Gasteiger partial charge < -0.3 is 15.2 Å². The summed E-state index contributed by atoms with van der Waals surface area (Å²) < 4.78 is 4.68. The van der Waals surface area contributed by atoms with Gasteiger partial charge in [-0.1, -0.05) is 0 Å². The molecule has 1 fully saturated rings. The number of hydrogen-bond acceptors (Lipinski definition) is 4. The van der Waals surface area contributed by atoms with Gasteiger partial charge in [0.2, 0.25) is 5.91 Å². The number of carboxylic acid groups (broad SMARTS) is 1. The van der Waals surface area contributed by atoms with Crippen molar-refractivity contribution in [3.63, 3.8) is 0 Å². The van der Waals surface area contributed by atoms with Crippen LogP contribution in [-0.4, -0.2) is 55.4 Å². The highest BCUT2D eigenvalue weighted by molar-refractivity contribution is 5.77. The predicted octanol–water partition coefficient (Wildman–Crippen LogP) is -0.497. The molecular weight excluding hydrogens is 212 g/mol. The first-order valence-electron chi connectivity index (χ1n) is 5.34. The van der Waals surface area contributed by atoms with Crippen molar-refractivity contribution < 1.29 is 19.4 Å². The molecule has 0 spiro atoms. The van der Waals surface area contributed by atoms with Crippen molar-refractivity contribution >= 4 is 11.9 Å². The first-order valence-corrected chi connectivity index (χ1v) is 5.34. The van der Waals surface area contributed by atoms with Crippen LogP contribution >= 0.6 is 0 Å². The maximum atomic E-state index is 11.1. The van der Waals surface area contributed by atoms with Crippen LogP contribution in [0.1, 0.15) is 12.8 Å². The van der Waals surface area contributed by atoms with E-state index < -0.39 is 5.97 Å². The standard InChI is InChI=1S/C10H18N2O4/c1-16-6-9(13)11-7-12-4-2-8(3-5-12)10(14)15/h8H,2-7H2,1H3,(H,11,13)(H,14,15). The molecular formula is C10H18N2O4. The average molecular weight is 230 g/mol. The molecule has 1 aliphatic heterocycles. The van der Waals surface area contributed by atoms with E-state index >= 15 is 0 Å². The van der Waals surface area contributed by atoms with Gasteiger partial charge in [-0.05, 0) is 12.8 Å². The molecule has 0 saturated carbocycles. The minimum atomic E-state index is -0.719. The molecule has 0 bridgehead atoms. The minimum Gasteiger partial charge on any atom is -0.481 e. The van der Waals surface area contributed by atoms with Crippen molar-refractivity contribution in [3.05, 3.63) is 0 Å². The van der Waals surface area contributed by atoms with Crippen LogP contribution in [0.5, 0.6) is 0 Å². The van der Waals surface area contributed by atoms with Crippen LogP contribution in [0, 0.1) is 5.92 Å². The summed E-state index contributed by atoms with van der Waals surface area (Å²) in [5.74, 6) is -1.10. The van der Waals surface area contributed by atoms with Gasteiger partial charge in [-0.2, -0.15) is 0 Å². The molecule has 2 N–H and O–H groups in total. The number of likely N-dealkylation sites (tertiary alicyclic amines) is 1. The number of rotatable bonds is 5. The van der Waals surface area contributed by atoms with Crippen LogP contribution < -0.4 is 5.32 Å². The van der Waals surface area contributed by atoms with Crippen molar-refractivity contribution in [1.82, 2.24) is 10.2 Å². The number of hydrogen-bond donors (Lipinski definition) is 2. The molecule has 0 aromatic heterocycles. The van der Waals surface area contributed by atoms with E-state index in [-0.39, 0.29) is 18.4 Å². The molecule has 0 aromatic rings. The molecule has 1 saturated heterocycles. The third kappa shape index (κ3) is 4.16. The van der Waals surface area contributed by atoms with E-state index in [2.05, 4.69) is 10.1 Å². The zero-order chi connectivity index (χ0) is 12.0. The fourth-order valence-corrected chi connectivity index (χ4v) is 1.72. The first-order chi connectivity index (χ1) is 7.63. The fourth-order valence-electron chi connectivity index (χ4n) is 1.72.